The van der Waals surface area contributed by atoms with Gasteiger partial charge in [-0.15, -0.1) is 0 Å². The maximum Gasteiger partial charge on any atom is 0.373 e. The quantitative estimate of drug-likeness (QED) is 0.342. The van der Waals surface area contributed by atoms with Crippen LogP contribution in [0.15, 0.2) is 52.9 Å². The molecule has 1 aromatic heterocycles. The van der Waals surface area contributed by atoms with Crippen molar-refractivity contribution in [3.63, 3.8) is 0 Å². The second-order valence-electron chi connectivity index (χ2n) is 6.04. The van der Waals surface area contributed by atoms with E-state index in [9.17, 15) is 13.0 Å². The minimum absolute atomic E-state index is 0.229. The normalized spacial score (nSPS) is 12.1. The molecule has 0 amide bonds. The Bertz CT molecular complexity index is 1060. The third-order valence-corrected chi connectivity index (χ3v) is 6.18. The molecular weight excluding hydrogens is 384 g/mol. The van der Waals surface area contributed by atoms with E-state index in [1.165, 1.54) is 0 Å². The molecule has 0 aliphatic rings. The number of anilines is 1. The predicted octanol–water partition coefficient (Wildman–Crippen LogP) is 3.06. The Labute approximate surface area is 162 Å². The molecule has 0 aliphatic heterocycles. The molecule has 142 valence electrons. The van der Waals surface area contributed by atoms with Crippen molar-refractivity contribution in [3.8, 4) is 0 Å². The van der Waals surface area contributed by atoms with Crippen molar-refractivity contribution in [1.29, 1.82) is 0 Å². The fourth-order valence-electron chi connectivity index (χ4n) is 2.68. The molecule has 0 saturated carbocycles. The summed E-state index contributed by atoms with van der Waals surface area (Å²) in [6.45, 7) is 0.468. The van der Waals surface area contributed by atoms with E-state index in [0.29, 0.717) is 17.3 Å². The van der Waals surface area contributed by atoms with E-state index in [2.05, 4.69) is 0 Å². The standard InChI is InChI=1S/C19H20N2O4S2/c1-20(13-14-26-27(22,23)24)16-10-7-15(8-11-16)9-12-19-21(2)17-5-3-4-6-18(17)25-19/h3-12H,13-14H2,1-2H3. The number of oxazole rings is 1. The monoisotopic (exact) mass is 404 g/mol. The van der Waals surface area contributed by atoms with Crippen molar-refractivity contribution in [2.45, 2.75) is 0 Å². The van der Waals surface area contributed by atoms with Gasteiger partial charge in [0.25, 0.3) is 5.52 Å². The molecule has 3 aromatic rings. The molecule has 3 rings (SSSR count). The molecule has 6 nitrogen and oxygen atoms in total. The lowest BCUT2D eigenvalue weighted by molar-refractivity contribution is -0.651. The second-order valence-corrected chi connectivity index (χ2v) is 9.44. The number of aryl methyl sites for hydroxylation is 1. The SMILES string of the molecule is CN(CCSS(=O)(=O)[O-])c1ccc(/C=C/c2oc3ccccc3[n+]2C)cc1. The average molecular weight is 405 g/mol. The molecule has 0 saturated heterocycles. The molecule has 0 spiro atoms. The molecule has 0 radical (unpaired) electrons. The molecule has 1 heterocycles. The van der Waals surface area contributed by atoms with Crippen LogP contribution in [-0.4, -0.2) is 32.3 Å². The van der Waals surface area contributed by atoms with Crippen LogP contribution in [0, 0.1) is 0 Å². The van der Waals surface area contributed by atoms with Gasteiger partial charge in [0.2, 0.25) is 5.58 Å². The number of rotatable bonds is 7. The van der Waals surface area contributed by atoms with Gasteiger partial charge in [0.1, 0.15) is 16.2 Å². The van der Waals surface area contributed by atoms with E-state index in [1.54, 1.807) is 0 Å². The maximum atomic E-state index is 10.6. The number of fused-ring (bicyclic) bond motifs is 1. The van der Waals surface area contributed by atoms with Crippen LogP contribution in [-0.2, 0) is 16.2 Å². The Hall–Kier alpha value is -2.29. The van der Waals surface area contributed by atoms with Gasteiger partial charge in [-0.1, -0.05) is 24.3 Å². The number of aromatic nitrogens is 1. The Kier molecular flexibility index (Phi) is 5.88. The van der Waals surface area contributed by atoms with Crippen LogP contribution in [0.5, 0.6) is 0 Å². The zero-order valence-electron chi connectivity index (χ0n) is 15.0. The van der Waals surface area contributed by atoms with Gasteiger partial charge in [-0.25, -0.2) is 8.42 Å². The molecular formula is C19H20N2O4S2. The Balaban J connectivity index is 1.66. The number of para-hydroxylation sites is 2. The van der Waals surface area contributed by atoms with Crippen LogP contribution in [0.2, 0.25) is 0 Å². The summed E-state index contributed by atoms with van der Waals surface area (Å²) >= 11 is 0. The van der Waals surface area contributed by atoms with Crippen LogP contribution < -0.4 is 9.47 Å². The lowest BCUT2D eigenvalue weighted by atomic mass is 10.2. The topological polar surface area (TPSA) is 77.5 Å². The summed E-state index contributed by atoms with van der Waals surface area (Å²) in [5.41, 5.74) is 3.84. The van der Waals surface area contributed by atoms with Crippen molar-refractivity contribution in [2.75, 3.05) is 24.2 Å². The lowest BCUT2D eigenvalue weighted by Crippen LogP contribution is -2.29. The van der Waals surface area contributed by atoms with Gasteiger partial charge < -0.3 is 13.9 Å². The summed E-state index contributed by atoms with van der Waals surface area (Å²) in [5, 5.41) is 0. The summed E-state index contributed by atoms with van der Waals surface area (Å²) < 4.78 is 39.7. The smallest absolute Gasteiger partial charge is 0.373 e. The van der Waals surface area contributed by atoms with E-state index in [4.69, 9.17) is 4.42 Å². The summed E-state index contributed by atoms with van der Waals surface area (Å²) in [6, 6.07) is 15.7. The van der Waals surface area contributed by atoms with Gasteiger partial charge in [0.05, 0.1) is 6.08 Å². The highest BCUT2D eigenvalue weighted by Crippen LogP contribution is 2.18. The van der Waals surface area contributed by atoms with Crippen molar-refractivity contribution >= 4 is 48.9 Å². The summed E-state index contributed by atoms with van der Waals surface area (Å²) in [6.07, 6.45) is 3.90. The summed E-state index contributed by atoms with van der Waals surface area (Å²) in [4.78, 5) is 1.91. The Morgan fingerprint density at radius 2 is 1.85 bits per heavy atom. The van der Waals surface area contributed by atoms with E-state index in [1.807, 2.05) is 84.2 Å². The lowest BCUT2D eigenvalue weighted by Gasteiger charge is -2.19. The number of hydrogen-bond acceptors (Lipinski definition) is 6. The first-order chi connectivity index (χ1) is 12.8. The van der Waals surface area contributed by atoms with Crippen LogP contribution >= 0.6 is 10.8 Å². The van der Waals surface area contributed by atoms with Crippen LogP contribution in [0.25, 0.3) is 23.3 Å². The second kappa shape index (κ2) is 8.16. The fourth-order valence-corrected chi connectivity index (χ4v) is 4.07. The van der Waals surface area contributed by atoms with E-state index >= 15 is 0 Å². The van der Waals surface area contributed by atoms with Gasteiger partial charge in [-0.3, -0.25) is 0 Å². The zero-order valence-corrected chi connectivity index (χ0v) is 16.7. The number of hydrogen-bond donors (Lipinski definition) is 0. The Morgan fingerprint density at radius 1 is 1.15 bits per heavy atom. The van der Waals surface area contributed by atoms with Crippen molar-refractivity contribution < 1.29 is 22.0 Å². The Morgan fingerprint density at radius 3 is 2.52 bits per heavy atom. The highest BCUT2D eigenvalue weighted by Gasteiger charge is 2.15. The molecule has 2 aromatic carbocycles. The molecule has 27 heavy (non-hydrogen) atoms. The van der Waals surface area contributed by atoms with Crippen molar-refractivity contribution in [2.24, 2.45) is 7.05 Å². The largest absolute Gasteiger partial charge is 0.739 e. The molecule has 0 N–H and O–H groups in total. The van der Waals surface area contributed by atoms with Crippen molar-refractivity contribution in [1.82, 2.24) is 0 Å². The molecule has 0 aliphatic carbocycles. The first-order valence-electron chi connectivity index (χ1n) is 8.30. The highest BCUT2D eigenvalue weighted by atomic mass is 33.1. The van der Waals surface area contributed by atoms with E-state index < -0.39 is 9.15 Å². The summed E-state index contributed by atoms with van der Waals surface area (Å²) in [5.74, 6) is 0.986. The molecule has 0 atom stereocenters. The fraction of sp³-hybridized carbons (Fsp3) is 0.211. The third kappa shape index (κ3) is 5.12. The van der Waals surface area contributed by atoms with Crippen LogP contribution in [0.1, 0.15) is 11.5 Å². The maximum absolute atomic E-state index is 10.6. The number of nitrogens with zero attached hydrogens (tertiary/aromatic N) is 2. The van der Waals surface area contributed by atoms with Crippen LogP contribution in [0.3, 0.4) is 0 Å². The van der Waals surface area contributed by atoms with Gasteiger partial charge in [-0.2, -0.15) is 4.57 Å². The van der Waals surface area contributed by atoms with E-state index in [-0.39, 0.29) is 5.75 Å². The first-order valence-corrected chi connectivity index (χ1v) is 11.2. The average Bonchev–Trinajstić information content (AvgIpc) is 2.95. The minimum atomic E-state index is -4.24. The highest BCUT2D eigenvalue weighted by molar-refractivity contribution is 8.69. The predicted molar refractivity (Wildman–Crippen MR) is 108 cm³/mol. The van der Waals surface area contributed by atoms with Gasteiger partial charge in [0, 0.05) is 31.1 Å². The number of benzene rings is 2. The minimum Gasteiger partial charge on any atom is -0.739 e. The molecule has 8 heteroatoms. The van der Waals surface area contributed by atoms with E-state index in [0.717, 1.165) is 28.2 Å². The first kappa shape index (κ1) is 19.5. The molecule has 0 fully saturated rings. The summed E-state index contributed by atoms with van der Waals surface area (Å²) in [7, 11) is 0.00402. The van der Waals surface area contributed by atoms with Gasteiger partial charge in [-0.05, 0) is 40.6 Å². The third-order valence-electron chi connectivity index (χ3n) is 4.18. The zero-order chi connectivity index (χ0) is 19.4. The molecule has 0 unspecified atom stereocenters. The van der Waals surface area contributed by atoms with Gasteiger partial charge >= 0.3 is 5.89 Å². The van der Waals surface area contributed by atoms with Gasteiger partial charge in [0.15, 0.2) is 0 Å². The van der Waals surface area contributed by atoms with Crippen molar-refractivity contribution in [3.05, 3.63) is 60.0 Å². The van der Waals surface area contributed by atoms with Crippen LogP contribution in [0.4, 0.5) is 5.69 Å². The molecule has 0 bridgehead atoms.